The van der Waals surface area contributed by atoms with Gasteiger partial charge in [-0.1, -0.05) is 12.8 Å². The molecule has 0 radical (unpaired) electrons. The van der Waals surface area contributed by atoms with Crippen molar-refractivity contribution in [3.63, 3.8) is 0 Å². The van der Waals surface area contributed by atoms with Crippen molar-refractivity contribution in [1.29, 1.82) is 0 Å². The Balaban J connectivity index is 1.74. The third kappa shape index (κ3) is 1.89. The van der Waals surface area contributed by atoms with E-state index < -0.39 is 0 Å². The fraction of sp³-hybridized carbons (Fsp3) is 1.00. The van der Waals surface area contributed by atoms with Gasteiger partial charge in [0.15, 0.2) is 0 Å². The number of nitrogens with one attached hydrogen (secondary N) is 1. The summed E-state index contributed by atoms with van der Waals surface area (Å²) >= 11 is 0. The van der Waals surface area contributed by atoms with E-state index in [1.165, 1.54) is 45.1 Å². The molecule has 3 rings (SSSR count). The Bertz CT molecular complexity index is 232. The van der Waals surface area contributed by atoms with Crippen molar-refractivity contribution < 1.29 is 9.47 Å². The summed E-state index contributed by atoms with van der Waals surface area (Å²) in [5, 5.41) is 3.78. The van der Waals surface area contributed by atoms with Gasteiger partial charge in [-0.3, -0.25) is 0 Å². The van der Waals surface area contributed by atoms with Gasteiger partial charge < -0.3 is 14.8 Å². The topological polar surface area (TPSA) is 30.5 Å². The van der Waals surface area contributed by atoms with Gasteiger partial charge in [-0.2, -0.15) is 0 Å². The van der Waals surface area contributed by atoms with Crippen LogP contribution in [0.1, 0.15) is 38.5 Å². The third-order valence-electron chi connectivity index (χ3n) is 4.67. The van der Waals surface area contributed by atoms with Gasteiger partial charge in [0.2, 0.25) is 0 Å². The summed E-state index contributed by atoms with van der Waals surface area (Å²) < 4.78 is 11.5. The number of hydrogen-bond donors (Lipinski definition) is 1. The van der Waals surface area contributed by atoms with E-state index in [1.54, 1.807) is 0 Å². The van der Waals surface area contributed by atoms with Crippen LogP contribution in [0.25, 0.3) is 0 Å². The van der Waals surface area contributed by atoms with Crippen LogP contribution in [-0.4, -0.2) is 38.0 Å². The van der Waals surface area contributed by atoms with Crippen LogP contribution in [0.4, 0.5) is 0 Å². The Morgan fingerprint density at radius 1 is 1.06 bits per heavy atom. The molecule has 0 amide bonds. The number of rotatable bonds is 1. The van der Waals surface area contributed by atoms with Crippen molar-refractivity contribution in [3.05, 3.63) is 0 Å². The van der Waals surface area contributed by atoms with Gasteiger partial charge in [0.1, 0.15) is 0 Å². The van der Waals surface area contributed by atoms with Crippen LogP contribution in [0.15, 0.2) is 0 Å². The predicted molar refractivity (Wildman–Crippen MR) is 62.5 cm³/mol. The molecule has 16 heavy (non-hydrogen) atoms. The molecule has 2 saturated heterocycles. The summed E-state index contributed by atoms with van der Waals surface area (Å²) in [5.74, 6) is 0.684. The van der Waals surface area contributed by atoms with Crippen molar-refractivity contribution in [2.24, 2.45) is 5.92 Å². The summed E-state index contributed by atoms with van der Waals surface area (Å²) in [6, 6.07) is 0. The van der Waals surface area contributed by atoms with Crippen LogP contribution < -0.4 is 5.32 Å². The fourth-order valence-electron chi connectivity index (χ4n) is 3.91. The molecule has 2 aliphatic heterocycles. The molecule has 1 spiro atoms. The van der Waals surface area contributed by atoms with E-state index in [0.717, 1.165) is 19.8 Å². The van der Waals surface area contributed by atoms with E-state index in [2.05, 4.69) is 5.32 Å². The zero-order valence-corrected chi connectivity index (χ0v) is 10.0. The van der Waals surface area contributed by atoms with Gasteiger partial charge >= 0.3 is 0 Å². The summed E-state index contributed by atoms with van der Waals surface area (Å²) in [7, 11) is 0. The molecule has 1 aliphatic carbocycles. The van der Waals surface area contributed by atoms with E-state index in [-0.39, 0.29) is 0 Å². The molecule has 0 aromatic carbocycles. The summed E-state index contributed by atoms with van der Waals surface area (Å²) in [4.78, 5) is 0. The lowest BCUT2D eigenvalue weighted by molar-refractivity contribution is -0.131. The third-order valence-corrected chi connectivity index (χ3v) is 4.67. The first-order valence-electron chi connectivity index (χ1n) is 6.85. The molecule has 3 unspecified atom stereocenters. The Morgan fingerprint density at radius 3 is 2.75 bits per heavy atom. The van der Waals surface area contributed by atoms with Crippen LogP contribution in [-0.2, 0) is 9.47 Å². The molecule has 2 heterocycles. The molecule has 3 aliphatic rings. The Hall–Kier alpha value is -0.120. The van der Waals surface area contributed by atoms with Crippen molar-refractivity contribution >= 4 is 0 Å². The molecule has 3 atom stereocenters. The maximum absolute atomic E-state index is 5.94. The highest BCUT2D eigenvalue weighted by Crippen LogP contribution is 2.42. The lowest BCUT2D eigenvalue weighted by atomic mass is 9.69. The second-order valence-corrected chi connectivity index (χ2v) is 5.52. The molecule has 3 nitrogen and oxygen atoms in total. The van der Waals surface area contributed by atoms with Crippen LogP contribution in [0.5, 0.6) is 0 Å². The quantitative estimate of drug-likeness (QED) is 0.737. The SMILES string of the molecule is C1CCC2(CCCN2)C(C2COCCO2)C1. The molecule has 0 aromatic heterocycles. The highest BCUT2D eigenvalue weighted by Gasteiger charge is 2.46. The second-order valence-electron chi connectivity index (χ2n) is 5.52. The molecule has 3 heteroatoms. The largest absolute Gasteiger partial charge is 0.376 e. The molecule has 92 valence electrons. The minimum atomic E-state index is 0.347. The van der Waals surface area contributed by atoms with Crippen LogP contribution in [0, 0.1) is 5.92 Å². The van der Waals surface area contributed by atoms with Gasteiger partial charge in [0.25, 0.3) is 0 Å². The first-order valence-corrected chi connectivity index (χ1v) is 6.85. The van der Waals surface area contributed by atoms with Gasteiger partial charge in [-0.25, -0.2) is 0 Å². The highest BCUT2D eigenvalue weighted by atomic mass is 16.6. The van der Waals surface area contributed by atoms with E-state index in [1.807, 2.05) is 0 Å². The smallest absolute Gasteiger partial charge is 0.0855 e. The maximum atomic E-state index is 5.94. The lowest BCUT2D eigenvalue weighted by Gasteiger charge is -2.46. The van der Waals surface area contributed by atoms with Gasteiger partial charge in [-0.15, -0.1) is 0 Å². The summed E-state index contributed by atoms with van der Waals surface area (Å²) in [5.41, 5.74) is 0.392. The van der Waals surface area contributed by atoms with Crippen LogP contribution in [0.3, 0.4) is 0 Å². The van der Waals surface area contributed by atoms with Crippen LogP contribution >= 0.6 is 0 Å². The summed E-state index contributed by atoms with van der Waals surface area (Å²) in [6.45, 7) is 3.58. The lowest BCUT2D eigenvalue weighted by Crippen LogP contribution is -2.55. The van der Waals surface area contributed by atoms with E-state index in [0.29, 0.717) is 17.6 Å². The monoisotopic (exact) mass is 225 g/mol. The molecule has 3 fully saturated rings. The molecular formula is C13H23NO2. The van der Waals surface area contributed by atoms with Gasteiger partial charge in [0.05, 0.1) is 25.9 Å². The zero-order valence-electron chi connectivity index (χ0n) is 10.0. The maximum Gasteiger partial charge on any atom is 0.0855 e. The Morgan fingerprint density at radius 2 is 2.00 bits per heavy atom. The van der Waals surface area contributed by atoms with Gasteiger partial charge in [-0.05, 0) is 32.2 Å². The van der Waals surface area contributed by atoms with Crippen molar-refractivity contribution in [2.75, 3.05) is 26.4 Å². The van der Waals surface area contributed by atoms with Crippen LogP contribution in [0.2, 0.25) is 0 Å². The van der Waals surface area contributed by atoms with Crippen molar-refractivity contribution in [3.8, 4) is 0 Å². The first kappa shape index (κ1) is 11.0. The van der Waals surface area contributed by atoms with Crippen molar-refractivity contribution in [1.82, 2.24) is 5.32 Å². The molecule has 0 aromatic rings. The Kier molecular flexibility index (Phi) is 3.18. The van der Waals surface area contributed by atoms with E-state index in [4.69, 9.17) is 9.47 Å². The normalized spacial score (nSPS) is 45.0. The van der Waals surface area contributed by atoms with Crippen molar-refractivity contribution in [2.45, 2.75) is 50.2 Å². The molecule has 1 saturated carbocycles. The standard InChI is InChI=1S/C13H23NO2/c1-2-5-13(6-3-7-14-13)11(4-1)12-10-15-8-9-16-12/h11-12,14H,1-10H2. The molecule has 0 bridgehead atoms. The minimum absolute atomic E-state index is 0.347. The minimum Gasteiger partial charge on any atom is -0.376 e. The fourth-order valence-corrected chi connectivity index (χ4v) is 3.91. The number of ether oxygens (including phenoxy) is 2. The molecule has 1 N–H and O–H groups in total. The summed E-state index contributed by atoms with van der Waals surface area (Å²) in [6.07, 6.45) is 8.45. The second kappa shape index (κ2) is 4.63. The molecular weight excluding hydrogens is 202 g/mol. The average molecular weight is 225 g/mol. The van der Waals surface area contributed by atoms with Gasteiger partial charge in [0, 0.05) is 11.5 Å². The Labute approximate surface area is 97.9 Å². The van der Waals surface area contributed by atoms with E-state index in [9.17, 15) is 0 Å². The number of hydrogen-bond acceptors (Lipinski definition) is 3. The van der Waals surface area contributed by atoms with E-state index >= 15 is 0 Å². The first-order chi connectivity index (χ1) is 7.91. The predicted octanol–water partition coefficient (Wildman–Crippen LogP) is 1.71. The highest BCUT2D eigenvalue weighted by molar-refractivity contribution is 5.03. The average Bonchev–Trinajstić information content (AvgIpc) is 2.80. The zero-order chi connectivity index (χ0) is 10.8.